The molecule has 1 heterocycles. The number of hydrogen-bond acceptors (Lipinski definition) is 5. The van der Waals surface area contributed by atoms with E-state index in [0.29, 0.717) is 11.6 Å². The summed E-state index contributed by atoms with van der Waals surface area (Å²) in [6.45, 7) is 4.30. The average molecular weight is 232 g/mol. The molecule has 0 aromatic carbocycles. The maximum absolute atomic E-state index is 8.76. The van der Waals surface area contributed by atoms with Gasteiger partial charge in [-0.1, -0.05) is 13.8 Å². The van der Waals surface area contributed by atoms with Crippen LogP contribution in [-0.2, 0) is 4.74 Å². The molecule has 2 atom stereocenters. The number of aromatic nitrogens is 2. The fraction of sp³-hybridized carbons (Fsp3) is 0.583. The lowest BCUT2D eigenvalue weighted by Gasteiger charge is -2.51. The number of ether oxygens (including phenoxy) is 1. The minimum atomic E-state index is 0.0563. The number of nitriles is 1. The van der Waals surface area contributed by atoms with Crippen molar-refractivity contribution in [1.82, 2.24) is 9.97 Å². The topological polar surface area (TPSA) is 70.8 Å². The van der Waals surface area contributed by atoms with Crippen LogP contribution in [0.4, 0.5) is 5.95 Å². The molecular weight excluding hydrogens is 216 g/mol. The first-order valence-electron chi connectivity index (χ1n) is 5.60. The quantitative estimate of drug-likeness (QED) is 0.856. The van der Waals surface area contributed by atoms with E-state index in [1.807, 2.05) is 6.07 Å². The number of nitrogens with zero attached hydrogens (tertiary/aromatic N) is 3. The Bertz CT molecular complexity index is 452. The van der Waals surface area contributed by atoms with E-state index in [0.717, 1.165) is 6.42 Å². The minimum Gasteiger partial charge on any atom is -0.381 e. The second kappa shape index (κ2) is 4.30. The molecule has 2 rings (SSSR count). The predicted molar refractivity (Wildman–Crippen MR) is 63.4 cm³/mol. The second-order valence-electron chi connectivity index (χ2n) is 4.86. The molecule has 0 saturated heterocycles. The van der Waals surface area contributed by atoms with Crippen molar-refractivity contribution in [2.45, 2.75) is 32.4 Å². The van der Waals surface area contributed by atoms with Gasteiger partial charge in [0.25, 0.3) is 0 Å². The molecule has 0 aliphatic heterocycles. The summed E-state index contributed by atoms with van der Waals surface area (Å²) in [6, 6.07) is 3.87. The third kappa shape index (κ3) is 2.08. The van der Waals surface area contributed by atoms with Gasteiger partial charge in [0.05, 0.1) is 6.10 Å². The maximum atomic E-state index is 8.76. The summed E-state index contributed by atoms with van der Waals surface area (Å²) in [4.78, 5) is 8.22. The van der Waals surface area contributed by atoms with E-state index in [9.17, 15) is 0 Å². The Hall–Kier alpha value is -1.67. The lowest BCUT2D eigenvalue weighted by Crippen LogP contribution is -2.57. The lowest BCUT2D eigenvalue weighted by atomic mass is 9.64. The fourth-order valence-electron chi connectivity index (χ4n) is 2.18. The Morgan fingerprint density at radius 2 is 2.35 bits per heavy atom. The van der Waals surface area contributed by atoms with Gasteiger partial charge in [-0.25, -0.2) is 9.97 Å². The van der Waals surface area contributed by atoms with Crippen molar-refractivity contribution in [3.63, 3.8) is 0 Å². The van der Waals surface area contributed by atoms with Crippen LogP contribution in [0.2, 0.25) is 0 Å². The molecule has 1 fully saturated rings. The number of nitrogens with one attached hydrogen (secondary N) is 1. The first-order chi connectivity index (χ1) is 8.07. The molecule has 0 radical (unpaired) electrons. The summed E-state index contributed by atoms with van der Waals surface area (Å²) < 4.78 is 5.38. The van der Waals surface area contributed by atoms with Crippen molar-refractivity contribution in [2.24, 2.45) is 5.41 Å². The highest BCUT2D eigenvalue weighted by molar-refractivity contribution is 5.33. The molecule has 2 unspecified atom stereocenters. The van der Waals surface area contributed by atoms with E-state index in [1.54, 1.807) is 19.4 Å². The summed E-state index contributed by atoms with van der Waals surface area (Å²) in [6.07, 6.45) is 2.79. The van der Waals surface area contributed by atoms with Crippen LogP contribution in [-0.4, -0.2) is 29.2 Å². The van der Waals surface area contributed by atoms with Crippen LogP contribution in [0.1, 0.15) is 26.0 Å². The van der Waals surface area contributed by atoms with Gasteiger partial charge in [-0.3, -0.25) is 0 Å². The summed E-state index contributed by atoms with van der Waals surface area (Å²) in [5.41, 5.74) is 0.434. The van der Waals surface area contributed by atoms with Crippen molar-refractivity contribution >= 4 is 5.95 Å². The molecular formula is C12H16N4O. The Balaban J connectivity index is 2.06. The Labute approximate surface area is 101 Å². The Morgan fingerprint density at radius 1 is 1.59 bits per heavy atom. The van der Waals surface area contributed by atoms with Crippen LogP contribution in [0.5, 0.6) is 0 Å². The van der Waals surface area contributed by atoms with Gasteiger partial charge in [0.2, 0.25) is 5.95 Å². The Kier molecular flexibility index (Phi) is 2.99. The molecule has 0 spiro atoms. The van der Waals surface area contributed by atoms with Crippen molar-refractivity contribution in [3.05, 3.63) is 18.0 Å². The number of hydrogen-bond donors (Lipinski definition) is 1. The summed E-state index contributed by atoms with van der Waals surface area (Å²) in [7, 11) is 1.73. The van der Waals surface area contributed by atoms with E-state index >= 15 is 0 Å². The smallest absolute Gasteiger partial charge is 0.224 e. The fourth-order valence-corrected chi connectivity index (χ4v) is 2.18. The van der Waals surface area contributed by atoms with Gasteiger partial charge in [0.15, 0.2) is 0 Å². The van der Waals surface area contributed by atoms with Crippen molar-refractivity contribution < 1.29 is 4.74 Å². The standard InChI is InChI=1S/C12H16N4O/c1-12(2)9(6-10(12)17-3)16-11-14-5-4-8(7-13)15-11/h4-5,9-10H,6H2,1-3H3,(H,14,15,16). The van der Waals surface area contributed by atoms with Crippen molar-refractivity contribution in [3.8, 4) is 6.07 Å². The first-order valence-corrected chi connectivity index (χ1v) is 5.60. The summed E-state index contributed by atoms with van der Waals surface area (Å²) >= 11 is 0. The molecule has 1 aromatic rings. The minimum absolute atomic E-state index is 0.0563. The molecule has 1 aliphatic rings. The van der Waals surface area contributed by atoms with Gasteiger partial charge in [-0.15, -0.1) is 0 Å². The van der Waals surface area contributed by atoms with Crippen molar-refractivity contribution in [2.75, 3.05) is 12.4 Å². The molecule has 0 amide bonds. The van der Waals surface area contributed by atoms with Gasteiger partial charge >= 0.3 is 0 Å². The Morgan fingerprint density at radius 3 is 2.94 bits per heavy atom. The highest BCUT2D eigenvalue weighted by Crippen LogP contribution is 2.43. The molecule has 1 aliphatic carbocycles. The third-order valence-corrected chi connectivity index (χ3v) is 3.54. The van der Waals surface area contributed by atoms with Gasteiger partial charge in [-0.05, 0) is 12.5 Å². The number of anilines is 1. The van der Waals surface area contributed by atoms with Crippen LogP contribution < -0.4 is 5.32 Å². The average Bonchev–Trinajstić information content (AvgIpc) is 2.34. The normalized spacial score (nSPS) is 25.8. The maximum Gasteiger partial charge on any atom is 0.224 e. The van der Waals surface area contributed by atoms with Crippen LogP contribution in [0, 0.1) is 16.7 Å². The molecule has 1 N–H and O–H groups in total. The summed E-state index contributed by atoms with van der Waals surface area (Å²) in [5.74, 6) is 0.511. The molecule has 0 bridgehead atoms. The second-order valence-corrected chi connectivity index (χ2v) is 4.86. The zero-order valence-electron chi connectivity index (χ0n) is 10.3. The molecule has 5 nitrogen and oxygen atoms in total. The molecule has 1 aromatic heterocycles. The van der Waals surface area contributed by atoms with Crippen LogP contribution in [0.25, 0.3) is 0 Å². The van der Waals surface area contributed by atoms with E-state index in [2.05, 4.69) is 29.1 Å². The van der Waals surface area contributed by atoms with E-state index in [-0.39, 0.29) is 17.6 Å². The highest BCUT2D eigenvalue weighted by Gasteiger charge is 2.48. The molecule has 90 valence electrons. The highest BCUT2D eigenvalue weighted by atomic mass is 16.5. The molecule has 17 heavy (non-hydrogen) atoms. The summed E-state index contributed by atoms with van der Waals surface area (Å²) in [5, 5.41) is 12.0. The van der Waals surface area contributed by atoms with E-state index in [1.165, 1.54) is 0 Å². The van der Waals surface area contributed by atoms with Gasteiger partial charge < -0.3 is 10.1 Å². The van der Waals surface area contributed by atoms with Gasteiger partial charge in [0.1, 0.15) is 11.8 Å². The monoisotopic (exact) mass is 232 g/mol. The van der Waals surface area contributed by atoms with E-state index < -0.39 is 0 Å². The number of methoxy groups -OCH3 is 1. The van der Waals surface area contributed by atoms with Crippen molar-refractivity contribution in [1.29, 1.82) is 5.26 Å². The van der Waals surface area contributed by atoms with E-state index in [4.69, 9.17) is 10.00 Å². The largest absolute Gasteiger partial charge is 0.381 e. The molecule has 5 heteroatoms. The number of rotatable bonds is 3. The van der Waals surface area contributed by atoms with Gasteiger partial charge in [0, 0.05) is 24.8 Å². The molecule has 1 saturated carbocycles. The van der Waals surface area contributed by atoms with Crippen LogP contribution in [0.15, 0.2) is 12.3 Å². The van der Waals surface area contributed by atoms with Crippen LogP contribution in [0.3, 0.4) is 0 Å². The zero-order chi connectivity index (χ0) is 12.5. The first kappa shape index (κ1) is 11.8. The SMILES string of the molecule is COC1CC(Nc2nccc(C#N)n2)C1(C)C. The van der Waals surface area contributed by atoms with Crippen LogP contribution >= 0.6 is 0 Å². The van der Waals surface area contributed by atoms with Gasteiger partial charge in [-0.2, -0.15) is 5.26 Å². The lowest BCUT2D eigenvalue weighted by molar-refractivity contribution is -0.0796. The predicted octanol–water partition coefficient (Wildman–Crippen LogP) is 1.57. The third-order valence-electron chi connectivity index (χ3n) is 3.54. The zero-order valence-corrected chi connectivity index (χ0v) is 10.3.